The molecule has 0 aliphatic carbocycles. The van der Waals surface area contributed by atoms with E-state index < -0.39 is 6.04 Å². The second-order valence-electron chi connectivity index (χ2n) is 5.14. The Morgan fingerprint density at radius 2 is 2.11 bits per heavy atom. The molecule has 0 spiro atoms. The van der Waals surface area contributed by atoms with E-state index in [1.807, 2.05) is 26.8 Å². The third-order valence-corrected chi connectivity index (χ3v) is 2.89. The van der Waals surface area contributed by atoms with E-state index in [9.17, 15) is 4.79 Å². The molecule has 1 atom stereocenters. The van der Waals surface area contributed by atoms with E-state index in [-0.39, 0.29) is 11.3 Å². The van der Waals surface area contributed by atoms with Crippen LogP contribution in [0.25, 0.3) is 0 Å². The van der Waals surface area contributed by atoms with E-state index >= 15 is 0 Å². The van der Waals surface area contributed by atoms with Gasteiger partial charge in [0.1, 0.15) is 6.07 Å². The summed E-state index contributed by atoms with van der Waals surface area (Å²) in [6.07, 6.45) is 0. The SMILES string of the molecule is CC(C)(C)C(N)C(=O)Nc1ccc(C#N)c(Cl)c1. The largest absolute Gasteiger partial charge is 0.325 e. The standard InChI is InChI=1S/C13H16ClN3O/c1-13(2,3)11(16)12(18)17-9-5-4-8(7-15)10(14)6-9/h4-6,11H,16H2,1-3H3,(H,17,18). The topological polar surface area (TPSA) is 78.9 Å². The molecule has 96 valence electrons. The van der Waals surface area contributed by atoms with Gasteiger partial charge >= 0.3 is 0 Å². The molecule has 5 heteroatoms. The van der Waals surface area contributed by atoms with Crippen molar-refractivity contribution in [3.05, 3.63) is 28.8 Å². The molecule has 18 heavy (non-hydrogen) atoms. The maximum absolute atomic E-state index is 11.9. The summed E-state index contributed by atoms with van der Waals surface area (Å²) < 4.78 is 0. The molecule has 1 amide bonds. The molecule has 0 aromatic heterocycles. The van der Waals surface area contributed by atoms with Crippen LogP contribution >= 0.6 is 11.6 Å². The molecular formula is C13H16ClN3O. The molecule has 0 saturated heterocycles. The van der Waals surface area contributed by atoms with Gasteiger partial charge in [-0.15, -0.1) is 0 Å². The lowest BCUT2D eigenvalue weighted by Gasteiger charge is -2.25. The zero-order chi connectivity index (χ0) is 13.9. The van der Waals surface area contributed by atoms with Crippen LogP contribution in [0.2, 0.25) is 5.02 Å². The second-order valence-corrected chi connectivity index (χ2v) is 5.55. The Kier molecular flexibility index (Phi) is 4.33. The first kappa shape index (κ1) is 14.5. The van der Waals surface area contributed by atoms with Gasteiger partial charge in [-0.05, 0) is 23.6 Å². The van der Waals surface area contributed by atoms with E-state index in [4.69, 9.17) is 22.6 Å². The minimum atomic E-state index is -0.619. The zero-order valence-electron chi connectivity index (χ0n) is 10.6. The van der Waals surface area contributed by atoms with Crippen LogP contribution in [0.4, 0.5) is 5.69 Å². The Labute approximate surface area is 112 Å². The van der Waals surface area contributed by atoms with Crippen LogP contribution < -0.4 is 11.1 Å². The van der Waals surface area contributed by atoms with Crippen molar-refractivity contribution >= 4 is 23.2 Å². The molecule has 0 radical (unpaired) electrons. The Balaban J connectivity index is 2.84. The average molecular weight is 266 g/mol. The highest BCUT2D eigenvalue weighted by molar-refractivity contribution is 6.32. The molecule has 1 unspecified atom stereocenters. The number of nitriles is 1. The lowest BCUT2D eigenvalue weighted by Crippen LogP contribution is -2.45. The van der Waals surface area contributed by atoms with Gasteiger partial charge in [-0.3, -0.25) is 4.79 Å². The first-order valence-corrected chi connectivity index (χ1v) is 5.89. The summed E-state index contributed by atoms with van der Waals surface area (Å²) >= 11 is 5.88. The smallest absolute Gasteiger partial charge is 0.241 e. The number of hydrogen-bond acceptors (Lipinski definition) is 3. The van der Waals surface area contributed by atoms with Gasteiger partial charge in [-0.2, -0.15) is 5.26 Å². The van der Waals surface area contributed by atoms with Gasteiger partial charge in [0.2, 0.25) is 5.91 Å². The van der Waals surface area contributed by atoms with E-state index in [0.717, 1.165) is 0 Å². The molecule has 4 nitrogen and oxygen atoms in total. The highest BCUT2D eigenvalue weighted by Gasteiger charge is 2.27. The number of carbonyl (C=O) groups excluding carboxylic acids is 1. The molecule has 1 rings (SSSR count). The number of nitrogens with one attached hydrogen (secondary N) is 1. The molecule has 0 heterocycles. The number of anilines is 1. The fourth-order valence-corrected chi connectivity index (χ4v) is 1.52. The van der Waals surface area contributed by atoms with Crippen LogP contribution in [0, 0.1) is 16.7 Å². The third kappa shape index (κ3) is 3.46. The van der Waals surface area contributed by atoms with Crippen molar-refractivity contribution in [2.75, 3.05) is 5.32 Å². The molecular weight excluding hydrogens is 250 g/mol. The Morgan fingerprint density at radius 3 is 2.56 bits per heavy atom. The fraction of sp³-hybridized carbons (Fsp3) is 0.385. The second kappa shape index (κ2) is 5.38. The zero-order valence-corrected chi connectivity index (χ0v) is 11.4. The normalized spacial score (nSPS) is 12.7. The molecule has 0 fully saturated rings. The van der Waals surface area contributed by atoms with Gasteiger partial charge in [-0.1, -0.05) is 32.4 Å². The predicted molar refractivity (Wildman–Crippen MR) is 72.2 cm³/mol. The molecule has 1 aromatic rings. The first-order valence-electron chi connectivity index (χ1n) is 5.52. The highest BCUT2D eigenvalue weighted by Crippen LogP contribution is 2.22. The van der Waals surface area contributed by atoms with Gasteiger partial charge in [0, 0.05) is 5.69 Å². The number of halogens is 1. The van der Waals surface area contributed by atoms with E-state index in [1.54, 1.807) is 12.1 Å². The van der Waals surface area contributed by atoms with Crippen molar-refractivity contribution in [2.24, 2.45) is 11.1 Å². The maximum atomic E-state index is 11.9. The summed E-state index contributed by atoms with van der Waals surface area (Å²) in [7, 11) is 0. The van der Waals surface area contributed by atoms with Crippen LogP contribution in [-0.2, 0) is 4.79 Å². The molecule has 0 aliphatic heterocycles. The summed E-state index contributed by atoms with van der Waals surface area (Å²) in [5, 5.41) is 11.7. The summed E-state index contributed by atoms with van der Waals surface area (Å²) in [4.78, 5) is 11.9. The van der Waals surface area contributed by atoms with Crippen molar-refractivity contribution < 1.29 is 4.79 Å². The van der Waals surface area contributed by atoms with E-state index in [0.29, 0.717) is 16.3 Å². The predicted octanol–water partition coefficient (Wildman–Crippen LogP) is 2.52. The van der Waals surface area contributed by atoms with Crippen molar-refractivity contribution in [1.82, 2.24) is 0 Å². The van der Waals surface area contributed by atoms with Crippen molar-refractivity contribution in [3.8, 4) is 6.07 Å². The Hall–Kier alpha value is -1.57. The number of hydrogen-bond donors (Lipinski definition) is 2. The summed E-state index contributed by atoms with van der Waals surface area (Å²) in [6.45, 7) is 5.68. The first-order chi connectivity index (χ1) is 8.25. The number of nitrogens with zero attached hydrogens (tertiary/aromatic N) is 1. The average Bonchev–Trinajstić information content (AvgIpc) is 2.27. The van der Waals surface area contributed by atoms with E-state index in [2.05, 4.69) is 5.32 Å². The van der Waals surface area contributed by atoms with Crippen LogP contribution in [0.5, 0.6) is 0 Å². The highest BCUT2D eigenvalue weighted by atomic mass is 35.5. The van der Waals surface area contributed by atoms with Crippen molar-refractivity contribution in [3.63, 3.8) is 0 Å². The summed E-state index contributed by atoms with van der Waals surface area (Å²) in [6, 6.07) is 6.05. The number of nitrogens with two attached hydrogens (primary N) is 1. The molecule has 0 bridgehead atoms. The summed E-state index contributed by atoms with van der Waals surface area (Å²) in [5.74, 6) is -0.275. The van der Waals surface area contributed by atoms with Crippen molar-refractivity contribution in [1.29, 1.82) is 5.26 Å². The van der Waals surface area contributed by atoms with Crippen LogP contribution in [0.1, 0.15) is 26.3 Å². The minimum Gasteiger partial charge on any atom is -0.325 e. The third-order valence-electron chi connectivity index (χ3n) is 2.57. The van der Waals surface area contributed by atoms with Gasteiger partial charge in [0.15, 0.2) is 0 Å². The van der Waals surface area contributed by atoms with Gasteiger partial charge in [0.25, 0.3) is 0 Å². The van der Waals surface area contributed by atoms with Crippen LogP contribution in [0.3, 0.4) is 0 Å². The molecule has 1 aromatic carbocycles. The molecule has 0 aliphatic rings. The van der Waals surface area contributed by atoms with E-state index in [1.165, 1.54) is 6.07 Å². The Morgan fingerprint density at radius 1 is 1.50 bits per heavy atom. The quantitative estimate of drug-likeness (QED) is 0.862. The number of benzene rings is 1. The van der Waals surface area contributed by atoms with Gasteiger partial charge < -0.3 is 11.1 Å². The molecule has 3 N–H and O–H groups in total. The van der Waals surface area contributed by atoms with Crippen molar-refractivity contribution in [2.45, 2.75) is 26.8 Å². The number of carbonyl (C=O) groups is 1. The molecule has 0 saturated carbocycles. The maximum Gasteiger partial charge on any atom is 0.241 e. The van der Waals surface area contributed by atoms with Gasteiger partial charge in [-0.25, -0.2) is 0 Å². The number of rotatable bonds is 2. The monoisotopic (exact) mass is 265 g/mol. The fourth-order valence-electron chi connectivity index (χ4n) is 1.30. The van der Waals surface area contributed by atoms with Gasteiger partial charge in [0.05, 0.1) is 16.6 Å². The van der Waals surface area contributed by atoms with Crippen LogP contribution in [-0.4, -0.2) is 11.9 Å². The van der Waals surface area contributed by atoms with Crippen LogP contribution in [0.15, 0.2) is 18.2 Å². The Bertz CT molecular complexity index is 500. The lowest BCUT2D eigenvalue weighted by atomic mass is 9.87. The summed E-state index contributed by atoms with van der Waals surface area (Å²) in [5.41, 5.74) is 6.42. The number of amides is 1. The lowest BCUT2D eigenvalue weighted by molar-refractivity contribution is -0.119. The minimum absolute atomic E-state index is 0.275.